The van der Waals surface area contributed by atoms with Crippen molar-refractivity contribution >= 4 is 11.6 Å². The second kappa shape index (κ2) is 6.40. The van der Waals surface area contributed by atoms with E-state index in [0.717, 1.165) is 24.9 Å². The van der Waals surface area contributed by atoms with Crippen molar-refractivity contribution in [3.8, 4) is 0 Å². The van der Waals surface area contributed by atoms with Gasteiger partial charge in [0.2, 0.25) is 0 Å². The molecule has 0 atom stereocenters. The number of nitrogens with two attached hydrogens (primary N) is 1. The van der Waals surface area contributed by atoms with E-state index in [2.05, 4.69) is 31.5 Å². The fourth-order valence-corrected chi connectivity index (χ4v) is 2.05. The Morgan fingerprint density at radius 3 is 2.00 bits per heavy atom. The molecule has 1 aromatic carbocycles. The third kappa shape index (κ3) is 3.23. The highest BCUT2D eigenvalue weighted by atomic mass is 16.1. The largest absolute Gasteiger partial charge is 0.347 e. The maximum absolute atomic E-state index is 12.2. The lowest BCUT2D eigenvalue weighted by Gasteiger charge is -2.31. The van der Waals surface area contributed by atoms with Gasteiger partial charge in [0.25, 0.3) is 5.91 Å². The summed E-state index contributed by atoms with van der Waals surface area (Å²) < 4.78 is 0. The zero-order valence-corrected chi connectivity index (χ0v) is 11.4. The van der Waals surface area contributed by atoms with E-state index in [-0.39, 0.29) is 11.4 Å². The maximum Gasteiger partial charge on any atom is 0.251 e. The van der Waals surface area contributed by atoms with Gasteiger partial charge in [0, 0.05) is 16.8 Å². The average molecular weight is 249 g/mol. The maximum atomic E-state index is 12.2. The van der Waals surface area contributed by atoms with Crippen LogP contribution in [0.4, 0.5) is 5.69 Å². The highest BCUT2D eigenvalue weighted by molar-refractivity contribution is 5.95. The van der Waals surface area contributed by atoms with Crippen molar-refractivity contribution in [1.29, 1.82) is 0 Å². The molecule has 0 saturated heterocycles. The van der Waals surface area contributed by atoms with Crippen molar-refractivity contribution in [3.63, 3.8) is 0 Å². The molecular formula is C14H23N3O. The molecule has 1 aromatic rings. The number of amides is 1. The van der Waals surface area contributed by atoms with Crippen LogP contribution < -0.4 is 16.6 Å². The number of anilines is 1. The van der Waals surface area contributed by atoms with Gasteiger partial charge in [0.15, 0.2) is 0 Å². The van der Waals surface area contributed by atoms with Crippen LogP contribution in [0, 0.1) is 0 Å². The molecule has 0 bridgehead atoms. The van der Waals surface area contributed by atoms with Crippen molar-refractivity contribution in [3.05, 3.63) is 29.8 Å². The number of rotatable bonds is 6. The van der Waals surface area contributed by atoms with E-state index in [1.807, 2.05) is 0 Å². The van der Waals surface area contributed by atoms with Gasteiger partial charge in [-0.1, -0.05) is 20.8 Å². The minimum Gasteiger partial charge on any atom is -0.347 e. The van der Waals surface area contributed by atoms with Crippen LogP contribution in [0.25, 0.3) is 0 Å². The van der Waals surface area contributed by atoms with Crippen LogP contribution in [0.5, 0.6) is 0 Å². The van der Waals surface area contributed by atoms with Crippen LogP contribution >= 0.6 is 0 Å². The van der Waals surface area contributed by atoms with E-state index in [4.69, 9.17) is 5.84 Å². The van der Waals surface area contributed by atoms with Crippen LogP contribution in [-0.2, 0) is 0 Å². The minimum atomic E-state index is -0.0954. The van der Waals surface area contributed by atoms with E-state index in [9.17, 15) is 4.79 Å². The molecular weight excluding hydrogens is 226 g/mol. The zero-order chi connectivity index (χ0) is 13.6. The van der Waals surface area contributed by atoms with E-state index in [1.54, 1.807) is 24.3 Å². The molecule has 0 heterocycles. The van der Waals surface area contributed by atoms with E-state index in [1.165, 1.54) is 0 Å². The first kappa shape index (κ1) is 14.5. The van der Waals surface area contributed by atoms with Gasteiger partial charge in [-0.3, -0.25) is 10.6 Å². The third-order valence-electron chi connectivity index (χ3n) is 3.72. The lowest BCUT2D eigenvalue weighted by atomic mass is 9.89. The van der Waals surface area contributed by atoms with Gasteiger partial charge in [-0.2, -0.15) is 0 Å². The second-order valence-electron chi connectivity index (χ2n) is 4.52. The molecule has 100 valence electrons. The third-order valence-corrected chi connectivity index (χ3v) is 3.72. The quantitative estimate of drug-likeness (QED) is 0.536. The molecule has 1 amide bonds. The molecule has 0 saturated carbocycles. The Bertz CT molecular complexity index is 374. The normalized spacial score (nSPS) is 11.1. The van der Waals surface area contributed by atoms with Crippen molar-refractivity contribution in [1.82, 2.24) is 5.32 Å². The number of carbonyl (C=O) groups excluding carboxylic acids is 1. The number of hydrazine groups is 1. The number of hydrogen-bond donors (Lipinski definition) is 3. The standard InChI is InChI=1S/C14H23N3O/c1-4-14(5-2,6-3)16-13(18)11-7-9-12(17-15)10-8-11/h7-10,17H,4-6,15H2,1-3H3,(H,16,18). The average Bonchev–Trinajstić information content (AvgIpc) is 2.45. The van der Waals surface area contributed by atoms with Gasteiger partial charge in [-0.15, -0.1) is 0 Å². The van der Waals surface area contributed by atoms with E-state index in [0.29, 0.717) is 5.56 Å². The fraction of sp³-hybridized carbons (Fsp3) is 0.500. The Morgan fingerprint density at radius 2 is 1.61 bits per heavy atom. The molecule has 0 radical (unpaired) electrons. The number of carbonyl (C=O) groups is 1. The Hall–Kier alpha value is -1.55. The van der Waals surface area contributed by atoms with Crippen molar-refractivity contribution < 1.29 is 4.79 Å². The molecule has 1 rings (SSSR count). The van der Waals surface area contributed by atoms with Crippen molar-refractivity contribution in [2.75, 3.05) is 5.43 Å². The molecule has 0 unspecified atom stereocenters. The predicted molar refractivity (Wildman–Crippen MR) is 75.3 cm³/mol. The molecule has 0 fully saturated rings. The Morgan fingerprint density at radius 1 is 1.11 bits per heavy atom. The van der Waals surface area contributed by atoms with Crippen molar-refractivity contribution in [2.24, 2.45) is 5.84 Å². The van der Waals surface area contributed by atoms with Gasteiger partial charge < -0.3 is 10.7 Å². The molecule has 0 spiro atoms. The van der Waals surface area contributed by atoms with Gasteiger partial charge in [0.05, 0.1) is 0 Å². The first-order valence-electron chi connectivity index (χ1n) is 6.50. The van der Waals surface area contributed by atoms with Crippen LogP contribution in [0.3, 0.4) is 0 Å². The molecule has 18 heavy (non-hydrogen) atoms. The number of nitrogen functional groups attached to an aromatic ring is 1. The highest BCUT2D eigenvalue weighted by Gasteiger charge is 2.26. The number of benzene rings is 1. The SMILES string of the molecule is CCC(CC)(CC)NC(=O)c1ccc(NN)cc1. The van der Waals surface area contributed by atoms with Gasteiger partial charge >= 0.3 is 0 Å². The molecule has 0 aliphatic carbocycles. The Balaban J connectivity index is 2.80. The van der Waals surface area contributed by atoms with E-state index >= 15 is 0 Å². The smallest absolute Gasteiger partial charge is 0.251 e. The Kier molecular flexibility index (Phi) is 5.16. The van der Waals surface area contributed by atoms with Crippen LogP contribution in [0.15, 0.2) is 24.3 Å². The van der Waals surface area contributed by atoms with Crippen LogP contribution in [0.1, 0.15) is 50.4 Å². The summed E-state index contributed by atoms with van der Waals surface area (Å²) in [7, 11) is 0. The minimum absolute atomic E-state index is 0.0240. The van der Waals surface area contributed by atoms with Gasteiger partial charge in [0.1, 0.15) is 0 Å². The lowest BCUT2D eigenvalue weighted by molar-refractivity contribution is 0.0888. The summed E-state index contributed by atoms with van der Waals surface area (Å²) in [5.41, 5.74) is 3.90. The zero-order valence-electron chi connectivity index (χ0n) is 11.4. The molecule has 4 nitrogen and oxygen atoms in total. The summed E-state index contributed by atoms with van der Waals surface area (Å²) in [6.07, 6.45) is 2.82. The summed E-state index contributed by atoms with van der Waals surface area (Å²) in [5, 5.41) is 3.14. The summed E-state index contributed by atoms with van der Waals surface area (Å²) in [6, 6.07) is 7.13. The topological polar surface area (TPSA) is 67.2 Å². The number of hydrogen-bond acceptors (Lipinski definition) is 3. The lowest BCUT2D eigenvalue weighted by Crippen LogP contribution is -2.47. The van der Waals surface area contributed by atoms with Gasteiger partial charge in [-0.05, 0) is 43.5 Å². The number of nitrogens with one attached hydrogen (secondary N) is 2. The molecule has 4 heteroatoms. The molecule has 0 aromatic heterocycles. The van der Waals surface area contributed by atoms with Crippen LogP contribution in [0.2, 0.25) is 0 Å². The summed E-state index contributed by atoms with van der Waals surface area (Å²) in [5.74, 6) is 5.27. The van der Waals surface area contributed by atoms with Crippen LogP contribution in [-0.4, -0.2) is 11.4 Å². The highest BCUT2D eigenvalue weighted by Crippen LogP contribution is 2.20. The first-order valence-corrected chi connectivity index (χ1v) is 6.50. The van der Waals surface area contributed by atoms with Crippen molar-refractivity contribution in [2.45, 2.75) is 45.6 Å². The second-order valence-corrected chi connectivity index (χ2v) is 4.52. The summed E-state index contributed by atoms with van der Waals surface area (Å²) >= 11 is 0. The Labute approximate surface area is 109 Å². The fourth-order valence-electron chi connectivity index (χ4n) is 2.05. The van der Waals surface area contributed by atoms with E-state index < -0.39 is 0 Å². The molecule has 4 N–H and O–H groups in total. The monoisotopic (exact) mass is 249 g/mol. The predicted octanol–water partition coefficient (Wildman–Crippen LogP) is 2.67. The molecule has 0 aliphatic heterocycles. The van der Waals surface area contributed by atoms with Gasteiger partial charge in [-0.25, -0.2) is 0 Å². The summed E-state index contributed by atoms with van der Waals surface area (Å²) in [6.45, 7) is 6.32. The summed E-state index contributed by atoms with van der Waals surface area (Å²) in [4.78, 5) is 12.2. The molecule has 0 aliphatic rings. The first-order chi connectivity index (χ1) is 8.60.